The van der Waals surface area contributed by atoms with E-state index in [1.54, 1.807) is 17.0 Å². The number of alkyl halides is 3. The van der Waals surface area contributed by atoms with Crippen LogP contribution in [0, 0.1) is 5.92 Å². The molecule has 1 N–H and O–H groups in total. The molecule has 8 heteroatoms. The number of rotatable bonds is 3. The van der Waals surface area contributed by atoms with Crippen LogP contribution >= 0.6 is 11.6 Å². The van der Waals surface area contributed by atoms with Gasteiger partial charge >= 0.3 is 6.18 Å². The first-order chi connectivity index (χ1) is 12.7. The molecule has 1 fully saturated rings. The fraction of sp³-hybridized carbons (Fsp3) is 0.368. The summed E-state index contributed by atoms with van der Waals surface area (Å²) in [6, 6.07) is 6.68. The van der Waals surface area contributed by atoms with Gasteiger partial charge in [-0.15, -0.1) is 0 Å². The molecule has 1 aromatic heterocycles. The standard InChI is InChI=1S/C19H19ClF3N3O/c1-12-5-8-26(9-6-12)18(27)13-4-7-24-17(10-13)25-14-2-3-16(20)15(11-14)19(21,22)23/h2-4,7,10-12H,5-6,8-9H2,1H3,(H,24,25). The summed E-state index contributed by atoms with van der Waals surface area (Å²) in [6.07, 6.45) is -1.16. The molecule has 2 heterocycles. The Balaban J connectivity index is 1.77. The van der Waals surface area contributed by atoms with Crippen molar-refractivity contribution in [1.29, 1.82) is 0 Å². The molecule has 1 aliphatic rings. The van der Waals surface area contributed by atoms with E-state index in [2.05, 4.69) is 17.2 Å². The number of hydrogen-bond acceptors (Lipinski definition) is 3. The molecule has 0 spiro atoms. The lowest BCUT2D eigenvalue weighted by Crippen LogP contribution is -2.37. The highest BCUT2D eigenvalue weighted by Crippen LogP contribution is 2.36. The van der Waals surface area contributed by atoms with E-state index in [0.29, 0.717) is 30.4 Å². The number of piperidine rings is 1. The number of carbonyl (C=O) groups is 1. The van der Waals surface area contributed by atoms with Gasteiger partial charge in [0.05, 0.1) is 10.6 Å². The molecule has 2 aromatic rings. The topological polar surface area (TPSA) is 45.2 Å². The highest BCUT2D eigenvalue weighted by Gasteiger charge is 2.33. The number of amides is 1. The molecule has 0 atom stereocenters. The Labute approximate surface area is 160 Å². The van der Waals surface area contributed by atoms with Crippen molar-refractivity contribution in [3.63, 3.8) is 0 Å². The number of benzene rings is 1. The van der Waals surface area contributed by atoms with Gasteiger partial charge in [0.1, 0.15) is 5.82 Å². The SMILES string of the molecule is CC1CCN(C(=O)c2ccnc(Nc3ccc(Cl)c(C(F)(F)F)c3)c2)CC1. The van der Waals surface area contributed by atoms with E-state index in [1.807, 2.05) is 0 Å². The second-order valence-electron chi connectivity index (χ2n) is 6.72. The van der Waals surface area contributed by atoms with Gasteiger partial charge in [-0.1, -0.05) is 18.5 Å². The van der Waals surface area contributed by atoms with Gasteiger partial charge in [-0.3, -0.25) is 4.79 Å². The molecular formula is C19H19ClF3N3O. The van der Waals surface area contributed by atoms with Crippen LogP contribution in [0.4, 0.5) is 24.7 Å². The predicted octanol–water partition coefficient (Wildman–Crippen LogP) is 5.37. The Morgan fingerprint density at radius 2 is 1.93 bits per heavy atom. The van der Waals surface area contributed by atoms with Gasteiger partial charge in [0.15, 0.2) is 0 Å². The van der Waals surface area contributed by atoms with Gasteiger partial charge in [0.2, 0.25) is 0 Å². The summed E-state index contributed by atoms with van der Waals surface area (Å²) in [5.74, 6) is 0.803. The van der Waals surface area contributed by atoms with Crippen molar-refractivity contribution in [3.8, 4) is 0 Å². The molecule has 3 rings (SSSR count). The molecule has 0 saturated carbocycles. The second kappa shape index (κ2) is 7.76. The zero-order chi connectivity index (χ0) is 19.6. The lowest BCUT2D eigenvalue weighted by Gasteiger charge is -2.30. The van der Waals surface area contributed by atoms with Crippen molar-refractivity contribution in [3.05, 3.63) is 52.7 Å². The first-order valence-corrected chi connectivity index (χ1v) is 9.01. The number of halogens is 4. The third-order valence-corrected chi connectivity index (χ3v) is 4.95. The Hall–Kier alpha value is -2.28. The summed E-state index contributed by atoms with van der Waals surface area (Å²) in [7, 11) is 0. The average molecular weight is 398 g/mol. The van der Waals surface area contributed by atoms with Crippen LogP contribution in [0.15, 0.2) is 36.5 Å². The van der Waals surface area contributed by atoms with Crippen LogP contribution in [0.3, 0.4) is 0 Å². The molecule has 27 heavy (non-hydrogen) atoms. The fourth-order valence-electron chi connectivity index (χ4n) is 2.99. The Morgan fingerprint density at radius 3 is 2.59 bits per heavy atom. The van der Waals surface area contributed by atoms with Crippen molar-refractivity contribution in [2.45, 2.75) is 25.9 Å². The van der Waals surface area contributed by atoms with Gasteiger partial charge in [-0.05, 0) is 49.1 Å². The zero-order valence-corrected chi connectivity index (χ0v) is 15.4. The van der Waals surface area contributed by atoms with Crippen LogP contribution in [0.25, 0.3) is 0 Å². The van der Waals surface area contributed by atoms with Gasteiger partial charge in [0.25, 0.3) is 5.91 Å². The highest BCUT2D eigenvalue weighted by atomic mass is 35.5. The van der Waals surface area contributed by atoms with E-state index in [1.165, 1.54) is 18.3 Å². The van der Waals surface area contributed by atoms with Gasteiger partial charge in [-0.25, -0.2) is 4.98 Å². The number of carbonyl (C=O) groups excluding carboxylic acids is 1. The van der Waals surface area contributed by atoms with Crippen LogP contribution in [0.1, 0.15) is 35.7 Å². The number of anilines is 2. The van der Waals surface area contributed by atoms with E-state index in [4.69, 9.17) is 11.6 Å². The molecule has 144 valence electrons. The third kappa shape index (κ3) is 4.71. The summed E-state index contributed by atoms with van der Waals surface area (Å²) in [6.45, 7) is 3.58. The molecule has 4 nitrogen and oxygen atoms in total. The van der Waals surface area contributed by atoms with E-state index >= 15 is 0 Å². The van der Waals surface area contributed by atoms with Crippen LogP contribution in [-0.2, 0) is 6.18 Å². The van der Waals surface area contributed by atoms with Gasteiger partial charge in [0, 0.05) is 30.5 Å². The zero-order valence-electron chi connectivity index (χ0n) is 14.7. The monoisotopic (exact) mass is 397 g/mol. The summed E-state index contributed by atoms with van der Waals surface area (Å²) in [5.41, 5.74) is -0.286. The molecule has 0 bridgehead atoms. The number of pyridine rings is 1. The van der Waals surface area contributed by atoms with E-state index in [9.17, 15) is 18.0 Å². The first kappa shape index (κ1) is 19.5. The maximum Gasteiger partial charge on any atom is 0.417 e. The van der Waals surface area contributed by atoms with Crippen molar-refractivity contribution in [2.24, 2.45) is 5.92 Å². The second-order valence-corrected chi connectivity index (χ2v) is 7.13. The fourth-order valence-corrected chi connectivity index (χ4v) is 3.22. The lowest BCUT2D eigenvalue weighted by atomic mass is 9.99. The first-order valence-electron chi connectivity index (χ1n) is 8.63. The average Bonchev–Trinajstić information content (AvgIpc) is 2.63. The summed E-state index contributed by atoms with van der Waals surface area (Å²) >= 11 is 5.63. The van der Waals surface area contributed by atoms with Crippen molar-refractivity contribution in [1.82, 2.24) is 9.88 Å². The molecule has 0 radical (unpaired) electrons. The molecule has 0 aliphatic carbocycles. The number of nitrogens with zero attached hydrogens (tertiary/aromatic N) is 2. The molecular weight excluding hydrogens is 379 g/mol. The van der Waals surface area contributed by atoms with Crippen LogP contribution in [-0.4, -0.2) is 28.9 Å². The molecule has 0 unspecified atom stereocenters. The van der Waals surface area contributed by atoms with E-state index < -0.39 is 11.7 Å². The predicted molar refractivity (Wildman–Crippen MR) is 98.3 cm³/mol. The molecule has 1 aromatic carbocycles. The third-order valence-electron chi connectivity index (χ3n) is 4.62. The smallest absolute Gasteiger partial charge is 0.340 e. The summed E-state index contributed by atoms with van der Waals surface area (Å²) in [4.78, 5) is 18.5. The van der Waals surface area contributed by atoms with Crippen LogP contribution in [0.5, 0.6) is 0 Å². The summed E-state index contributed by atoms with van der Waals surface area (Å²) < 4.78 is 39.0. The minimum Gasteiger partial charge on any atom is -0.340 e. The minimum atomic E-state index is -4.55. The molecule has 1 saturated heterocycles. The van der Waals surface area contributed by atoms with E-state index in [-0.39, 0.29) is 16.6 Å². The van der Waals surface area contributed by atoms with Crippen molar-refractivity contribution >= 4 is 29.0 Å². The Kier molecular flexibility index (Phi) is 5.60. The van der Waals surface area contributed by atoms with Crippen molar-refractivity contribution in [2.75, 3.05) is 18.4 Å². The highest BCUT2D eigenvalue weighted by molar-refractivity contribution is 6.31. The number of hydrogen-bond donors (Lipinski definition) is 1. The van der Waals surface area contributed by atoms with Gasteiger partial charge < -0.3 is 10.2 Å². The van der Waals surface area contributed by atoms with Crippen LogP contribution in [0.2, 0.25) is 5.02 Å². The number of nitrogens with one attached hydrogen (secondary N) is 1. The number of aromatic nitrogens is 1. The quantitative estimate of drug-likeness (QED) is 0.757. The maximum atomic E-state index is 13.0. The van der Waals surface area contributed by atoms with Crippen LogP contribution < -0.4 is 5.32 Å². The molecule has 1 amide bonds. The van der Waals surface area contributed by atoms with Crippen molar-refractivity contribution < 1.29 is 18.0 Å². The molecule has 1 aliphatic heterocycles. The Bertz CT molecular complexity index is 833. The normalized spacial score (nSPS) is 15.7. The number of likely N-dealkylation sites (tertiary alicyclic amines) is 1. The maximum absolute atomic E-state index is 13.0. The Morgan fingerprint density at radius 1 is 1.22 bits per heavy atom. The lowest BCUT2D eigenvalue weighted by molar-refractivity contribution is -0.137. The largest absolute Gasteiger partial charge is 0.417 e. The summed E-state index contributed by atoms with van der Waals surface area (Å²) in [5, 5.41) is 2.44. The van der Waals surface area contributed by atoms with E-state index in [0.717, 1.165) is 18.9 Å². The minimum absolute atomic E-state index is 0.0977. The van der Waals surface area contributed by atoms with Gasteiger partial charge in [-0.2, -0.15) is 13.2 Å².